The Morgan fingerprint density at radius 1 is 1.11 bits per heavy atom. The zero-order valence-corrected chi connectivity index (χ0v) is 15.8. The third-order valence-electron chi connectivity index (χ3n) is 5.46. The van der Waals surface area contributed by atoms with E-state index in [9.17, 15) is 14.7 Å². The number of carbonyl (C=O) groups excluding carboxylic acids is 2. The average Bonchev–Trinajstić information content (AvgIpc) is 2.70. The number of ether oxygens (including phenoxy) is 1. The van der Waals surface area contributed by atoms with Crippen molar-refractivity contribution in [3.05, 3.63) is 35.9 Å². The topological polar surface area (TPSA) is 78.9 Å². The van der Waals surface area contributed by atoms with Crippen LogP contribution in [0.5, 0.6) is 0 Å². The van der Waals surface area contributed by atoms with Crippen molar-refractivity contribution in [2.45, 2.75) is 63.2 Å². The maximum Gasteiger partial charge on any atom is 0.225 e. The smallest absolute Gasteiger partial charge is 0.225 e. The first-order valence-electron chi connectivity index (χ1n) is 10.0. The fourth-order valence-electron chi connectivity index (χ4n) is 3.95. The summed E-state index contributed by atoms with van der Waals surface area (Å²) in [6, 6.07) is 9.36. The minimum atomic E-state index is -0.461. The third-order valence-corrected chi connectivity index (χ3v) is 5.46. The molecule has 2 saturated heterocycles. The molecular weight excluding hydrogens is 344 g/mol. The second-order valence-corrected chi connectivity index (χ2v) is 7.54. The predicted octanol–water partition coefficient (Wildman–Crippen LogP) is 1.66. The minimum Gasteiger partial charge on any atom is -0.394 e. The van der Waals surface area contributed by atoms with E-state index in [0.29, 0.717) is 25.7 Å². The van der Waals surface area contributed by atoms with Crippen LogP contribution in [-0.4, -0.2) is 59.8 Å². The fourth-order valence-corrected chi connectivity index (χ4v) is 3.95. The lowest BCUT2D eigenvalue weighted by Crippen LogP contribution is -2.52. The van der Waals surface area contributed by atoms with Gasteiger partial charge in [-0.15, -0.1) is 0 Å². The molecule has 6 nitrogen and oxygen atoms in total. The molecule has 3 atom stereocenters. The molecule has 6 heteroatoms. The van der Waals surface area contributed by atoms with Crippen LogP contribution >= 0.6 is 0 Å². The lowest BCUT2D eigenvalue weighted by molar-refractivity contribution is -0.143. The van der Waals surface area contributed by atoms with E-state index in [1.807, 2.05) is 35.2 Å². The quantitative estimate of drug-likeness (QED) is 0.794. The van der Waals surface area contributed by atoms with Crippen molar-refractivity contribution in [1.29, 1.82) is 0 Å². The molecule has 2 aliphatic rings. The summed E-state index contributed by atoms with van der Waals surface area (Å²) in [7, 11) is 0. The maximum absolute atomic E-state index is 12.4. The van der Waals surface area contributed by atoms with Crippen LogP contribution in [0.25, 0.3) is 0 Å². The molecule has 3 rings (SSSR count). The van der Waals surface area contributed by atoms with Gasteiger partial charge in [-0.1, -0.05) is 30.3 Å². The SMILES string of the molecule is O=C(Cc1ccccc1)N[C@@H]1CC[C@@H](CC(=O)N2CCCCC2)O[C@@H]1CO. The van der Waals surface area contributed by atoms with Gasteiger partial charge in [0.15, 0.2) is 0 Å². The van der Waals surface area contributed by atoms with Crippen LogP contribution in [0.15, 0.2) is 30.3 Å². The highest BCUT2D eigenvalue weighted by molar-refractivity contribution is 5.79. The van der Waals surface area contributed by atoms with Gasteiger partial charge in [0, 0.05) is 13.1 Å². The van der Waals surface area contributed by atoms with Gasteiger partial charge < -0.3 is 20.1 Å². The highest BCUT2D eigenvalue weighted by atomic mass is 16.5. The maximum atomic E-state index is 12.4. The van der Waals surface area contributed by atoms with E-state index in [2.05, 4.69) is 5.32 Å². The second kappa shape index (κ2) is 9.85. The second-order valence-electron chi connectivity index (χ2n) is 7.54. The number of aliphatic hydroxyl groups is 1. The van der Waals surface area contributed by atoms with Gasteiger partial charge in [-0.05, 0) is 37.7 Å². The number of nitrogens with one attached hydrogen (secondary N) is 1. The average molecular weight is 374 g/mol. The first-order chi connectivity index (χ1) is 13.2. The highest BCUT2D eigenvalue weighted by Crippen LogP contribution is 2.23. The number of aliphatic hydroxyl groups excluding tert-OH is 1. The van der Waals surface area contributed by atoms with Crippen molar-refractivity contribution in [2.24, 2.45) is 0 Å². The zero-order valence-electron chi connectivity index (χ0n) is 15.8. The molecule has 2 fully saturated rings. The molecule has 0 bridgehead atoms. The van der Waals surface area contributed by atoms with Crippen LogP contribution in [-0.2, 0) is 20.7 Å². The molecule has 1 aromatic carbocycles. The number of benzene rings is 1. The van der Waals surface area contributed by atoms with Gasteiger partial charge in [0.25, 0.3) is 0 Å². The number of hydrogen-bond donors (Lipinski definition) is 2. The number of amides is 2. The summed E-state index contributed by atoms with van der Waals surface area (Å²) < 4.78 is 5.95. The van der Waals surface area contributed by atoms with Crippen molar-refractivity contribution < 1.29 is 19.4 Å². The highest BCUT2D eigenvalue weighted by Gasteiger charge is 2.33. The molecule has 27 heavy (non-hydrogen) atoms. The number of nitrogens with zero attached hydrogens (tertiary/aromatic N) is 1. The van der Waals surface area contributed by atoms with Crippen molar-refractivity contribution >= 4 is 11.8 Å². The molecular formula is C21H30N2O4. The Kier molecular flexibility index (Phi) is 7.24. The Morgan fingerprint density at radius 2 is 1.85 bits per heavy atom. The molecule has 2 N–H and O–H groups in total. The molecule has 148 valence electrons. The van der Waals surface area contributed by atoms with Gasteiger partial charge >= 0.3 is 0 Å². The molecule has 0 aromatic heterocycles. The third kappa shape index (κ3) is 5.78. The van der Waals surface area contributed by atoms with E-state index in [1.54, 1.807) is 0 Å². The van der Waals surface area contributed by atoms with Gasteiger partial charge in [0.2, 0.25) is 11.8 Å². The summed E-state index contributed by atoms with van der Waals surface area (Å²) in [5.74, 6) is 0.0686. The van der Waals surface area contributed by atoms with Crippen LogP contribution in [0, 0.1) is 0 Å². The van der Waals surface area contributed by atoms with Gasteiger partial charge in [-0.25, -0.2) is 0 Å². The summed E-state index contributed by atoms with van der Waals surface area (Å²) in [5, 5.41) is 12.7. The zero-order chi connectivity index (χ0) is 19.1. The standard InChI is InChI=1S/C21H30N2O4/c24-15-19-18(22-20(25)13-16-7-3-1-4-8-16)10-9-17(27-19)14-21(26)23-11-5-2-6-12-23/h1,3-4,7-8,17-19,24H,2,5-6,9-15H2,(H,22,25)/t17-,18+,19+/m0/s1. The molecule has 0 saturated carbocycles. The lowest BCUT2D eigenvalue weighted by atomic mass is 9.96. The summed E-state index contributed by atoms with van der Waals surface area (Å²) >= 11 is 0. The largest absolute Gasteiger partial charge is 0.394 e. The molecule has 0 unspecified atom stereocenters. The van der Waals surface area contributed by atoms with Crippen LogP contribution < -0.4 is 5.32 Å². The van der Waals surface area contributed by atoms with Gasteiger partial charge in [0.05, 0.1) is 31.6 Å². The Balaban J connectivity index is 1.47. The molecule has 2 heterocycles. The van der Waals surface area contributed by atoms with E-state index < -0.39 is 6.10 Å². The van der Waals surface area contributed by atoms with Crippen molar-refractivity contribution in [3.63, 3.8) is 0 Å². The van der Waals surface area contributed by atoms with E-state index in [1.165, 1.54) is 6.42 Å². The minimum absolute atomic E-state index is 0.0731. The number of likely N-dealkylation sites (tertiary alicyclic amines) is 1. The van der Waals surface area contributed by atoms with Gasteiger partial charge in [0.1, 0.15) is 6.10 Å². The number of rotatable bonds is 6. The molecule has 2 aliphatic heterocycles. The van der Waals surface area contributed by atoms with Gasteiger partial charge in [-0.3, -0.25) is 9.59 Å². The van der Waals surface area contributed by atoms with E-state index in [-0.39, 0.29) is 30.6 Å². The van der Waals surface area contributed by atoms with E-state index >= 15 is 0 Å². The van der Waals surface area contributed by atoms with Crippen molar-refractivity contribution in [1.82, 2.24) is 10.2 Å². The van der Waals surface area contributed by atoms with E-state index in [0.717, 1.165) is 31.5 Å². The first kappa shape index (κ1) is 19.8. The molecule has 1 aromatic rings. The Morgan fingerprint density at radius 3 is 2.56 bits per heavy atom. The monoisotopic (exact) mass is 374 g/mol. The first-order valence-corrected chi connectivity index (χ1v) is 10.0. The van der Waals surface area contributed by atoms with Crippen molar-refractivity contribution in [2.75, 3.05) is 19.7 Å². The normalized spacial score (nSPS) is 25.8. The number of hydrogen-bond acceptors (Lipinski definition) is 4. The fraction of sp³-hybridized carbons (Fsp3) is 0.619. The van der Waals surface area contributed by atoms with Gasteiger partial charge in [-0.2, -0.15) is 0 Å². The molecule has 0 radical (unpaired) electrons. The lowest BCUT2D eigenvalue weighted by Gasteiger charge is -2.37. The van der Waals surface area contributed by atoms with Crippen LogP contribution in [0.2, 0.25) is 0 Å². The summed E-state index contributed by atoms with van der Waals surface area (Å²) in [5.41, 5.74) is 0.956. The summed E-state index contributed by atoms with van der Waals surface area (Å²) in [6.07, 6.45) is 4.80. The van der Waals surface area contributed by atoms with Crippen LogP contribution in [0.3, 0.4) is 0 Å². The predicted molar refractivity (Wildman–Crippen MR) is 102 cm³/mol. The summed E-state index contributed by atoms with van der Waals surface area (Å²) in [4.78, 5) is 26.7. The summed E-state index contributed by atoms with van der Waals surface area (Å²) in [6.45, 7) is 1.52. The van der Waals surface area contributed by atoms with E-state index in [4.69, 9.17) is 4.74 Å². The Labute approximate surface area is 160 Å². The molecule has 0 aliphatic carbocycles. The van der Waals surface area contributed by atoms with Crippen molar-refractivity contribution in [3.8, 4) is 0 Å². The van der Waals surface area contributed by atoms with Crippen LogP contribution in [0.4, 0.5) is 0 Å². The number of carbonyl (C=O) groups is 2. The molecule has 2 amide bonds. The molecule has 0 spiro atoms. The Bertz CT molecular complexity index is 616. The Hall–Kier alpha value is -1.92. The number of piperidine rings is 1. The van der Waals surface area contributed by atoms with Crippen LogP contribution in [0.1, 0.15) is 44.1 Å².